The molecule has 1 heterocycles. The molecule has 0 aliphatic carbocycles. The molecular formula is C17H23N3O. The molecule has 1 aromatic carbocycles. The molecule has 1 aliphatic heterocycles. The molecule has 21 heavy (non-hydrogen) atoms. The minimum Gasteiger partial charge on any atom is -0.325 e. The third kappa shape index (κ3) is 4.05. The third-order valence-corrected chi connectivity index (χ3v) is 4.26. The third-order valence-electron chi connectivity index (χ3n) is 4.26. The zero-order chi connectivity index (χ0) is 15.2. The normalized spacial score (nSPS) is 21.1. The summed E-state index contributed by atoms with van der Waals surface area (Å²) in [7, 11) is 0. The van der Waals surface area contributed by atoms with E-state index < -0.39 is 0 Å². The fraction of sp³-hybridized carbons (Fsp3) is 0.529. The van der Waals surface area contributed by atoms with Crippen molar-refractivity contribution < 1.29 is 4.79 Å². The molecule has 0 saturated carbocycles. The van der Waals surface area contributed by atoms with E-state index in [2.05, 4.69) is 23.2 Å². The molecule has 1 N–H and O–H groups in total. The highest BCUT2D eigenvalue weighted by atomic mass is 16.2. The van der Waals surface area contributed by atoms with Gasteiger partial charge >= 0.3 is 0 Å². The van der Waals surface area contributed by atoms with Gasteiger partial charge in [0.25, 0.3) is 0 Å². The Morgan fingerprint density at radius 3 is 2.71 bits per heavy atom. The van der Waals surface area contributed by atoms with E-state index in [9.17, 15) is 4.79 Å². The minimum absolute atomic E-state index is 0.0217. The predicted molar refractivity (Wildman–Crippen MR) is 83.9 cm³/mol. The number of nitrogens with zero attached hydrogens (tertiary/aromatic N) is 2. The van der Waals surface area contributed by atoms with Crippen LogP contribution in [0.15, 0.2) is 24.3 Å². The van der Waals surface area contributed by atoms with Gasteiger partial charge < -0.3 is 5.32 Å². The summed E-state index contributed by atoms with van der Waals surface area (Å²) in [5, 5.41) is 11.7. The highest BCUT2D eigenvalue weighted by molar-refractivity contribution is 5.94. The van der Waals surface area contributed by atoms with E-state index in [1.165, 1.54) is 19.3 Å². The molecule has 4 heteroatoms. The fourth-order valence-electron chi connectivity index (χ4n) is 2.90. The first kappa shape index (κ1) is 15.5. The van der Waals surface area contributed by atoms with Crippen LogP contribution in [0.5, 0.6) is 0 Å². The van der Waals surface area contributed by atoms with Crippen LogP contribution in [0.2, 0.25) is 0 Å². The van der Waals surface area contributed by atoms with Crippen LogP contribution in [0, 0.1) is 11.3 Å². The van der Waals surface area contributed by atoms with Gasteiger partial charge in [0.1, 0.15) is 0 Å². The van der Waals surface area contributed by atoms with Gasteiger partial charge in [0.15, 0.2) is 0 Å². The first-order valence-corrected chi connectivity index (χ1v) is 7.68. The van der Waals surface area contributed by atoms with Crippen molar-refractivity contribution in [2.75, 3.05) is 11.9 Å². The lowest BCUT2D eigenvalue weighted by molar-refractivity contribution is -0.121. The second-order valence-corrected chi connectivity index (χ2v) is 5.79. The van der Waals surface area contributed by atoms with Gasteiger partial charge in [0.2, 0.25) is 5.91 Å². The molecule has 2 rings (SSSR count). The summed E-state index contributed by atoms with van der Waals surface area (Å²) in [5.74, 6) is 0.0217. The van der Waals surface area contributed by atoms with Crippen LogP contribution < -0.4 is 5.32 Å². The van der Waals surface area contributed by atoms with Gasteiger partial charge in [-0.25, -0.2) is 0 Å². The van der Waals surface area contributed by atoms with Crippen molar-refractivity contribution in [3.63, 3.8) is 0 Å². The molecule has 0 radical (unpaired) electrons. The van der Waals surface area contributed by atoms with Crippen LogP contribution in [-0.4, -0.2) is 29.4 Å². The Labute approximate surface area is 126 Å². The summed E-state index contributed by atoms with van der Waals surface area (Å²) >= 11 is 0. The Morgan fingerprint density at radius 2 is 2.05 bits per heavy atom. The van der Waals surface area contributed by atoms with Gasteiger partial charge in [0.05, 0.1) is 17.7 Å². The average molecular weight is 285 g/mol. The van der Waals surface area contributed by atoms with E-state index >= 15 is 0 Å². The topological polar surface area (TPSA) is 56.1 Å². The first-order chi connectivity index (χ1) is 10.1. The zero-order valence-electron chi connectivity index (χ0n) is 12.8. The number of carbonyl (C=O) groups excluding carboxylic acids is 1. The van der Waals surface area contributed by atoms with Gasteiger partial charge in [0, 0.05) is 11.7 Å². The number of nitrogens with one attached hydrogen (secondary N) is 1. The van der Waals surface area contributed by atoms with Crippen molar-refractivity contribution >= 4 is 11.6 Å². The summed E-state index contributed by atoms with van der Waals surface area (Å²) in [6.07, 6.45) is 4.83. The number of carbonyl (C=O) groups is 1. The van der Waals surface area contributed by atoms with Gasteiger partial charge in [-0.2, -0.15) is 5.26 Å². The van der Waals surface area contributed by atoms with E-state index in [1.807, 2.05) is 6.92 Å². The van der Waals surface area contributed by atoms with Gasteiger partial charge in [-0.15, -0.1) is 0 Å². The summed E-state index contributed by atoms with van der Waals surface area (Å²) in [6.45, 7) is 5.17. The lowest BCUT2D eigenvalue weighted by atomic mass is 10.1. The van der Waals surface area contributed by atoms with Crippen molar-refractivity contribution in [3.05, 3.63) is 29.8 Å². The van der Waals surface area contributed by atoms with E-state index in [0.717, 1.165) is 18.7 Å². The lowest BCUT2D eigenvalue weighted by Gasteiger charge is -2.32. The van der Waals surface area contributed by atoms with Crippen LogP contribution in [0.4, 0.5) is 5.69 Å². The summed E-state index contributed by atoms with van der Waals surface area (Å²) in [5.41, 5.74) is 1.34. The largest absolute Gasteiger partial charge is 0.325 e. The van der Waals surface area contributed by atoms with Gasteiger partial charge in [-0.1, -0.05) is 12.8 Å². The molecule has 1 saturated heterocycles. The van der Waals surface area contributed by atoms with E-state index in [0.29, 0.717) is 11.6 Å². The minimum atomic E-state index is -0.131. The number of hydrogen-bond donors (Lipinski definition) is 1. The maximum Gasteiger partial charge on any atom is 0.241 e. The number of hydrogen-bond acceptors (Lipinski definition) is 3. The quantitative estimate of drug-likeness (QED) is 0.928. The molecule has 112 valence electrons. The first-order valence-electron chi connectivity index (χ1n) is 7.68. The molecule has 0 bridgehead atoms. The Kier molecular flexibility index (Phi) is 5.35. The Balaban J connectivity index is 1.99. The summed E-state index contributed by atoms with van der Waals surface area (Å²) < 4.78 is 0. The number of nitriles is 1. The molecule has 0 aromatic heterocycles. The van der Waals surface area contributed by atoms with Crippen molar-refractivity contribution in [1.82, 2.24) is 4.90 Å². The van der Waals surface area contributed by atoms with Gasteiger partial charge in [-0.05, 0) is 57.5 Å². The molecule has 1 fully saturated rings. The maximum absolute atomic E-state index is 12.4. The standard InChI is InChI=1S/C17H23N3O/c1-13-6-4-3-5-11-20(13)14(2)17(21)19-16-9-7-15(12-18)8-10-16/h7-10,13-14H,3-6,11H2,1-2H3,(H,19,21). The van der Waals surface area contributed by atoms with Crippen LogP contribution in [0.1, 0.15) is 45.1 Å². The Morgan fingerprint density at radius 1 is 1.33 bits per heavy atom. The van der Waals surface area contributed by atoms with Crippen molar-refractivity contribution in [2.45, 2.75) is 51.6 Å². The number of benzene rings is 1. The van der Waals surface area contributed by atoms with Crippen LogP contribution >= 0.6 is 0 Å². The molecule has 1 aliphatic rings. The van der Waals surface area contributed by atoms with Crippen molar-refractivity contribution in [3.8, 4) is 6.07 Å². The molecule has 1 amide bonds. The van der Waals surface area contributed by atoms with Crippen molar-refractivity contribution in [2.24, 2.45) is 0 Å². The average Bonchev–Trinajstić information content (AvgIpc) is 2.71. The highest BCUT2D eigenvalue weighted by Gasteiger charge is 2.26. The van der Waals surface area contributed by atoms with Crippen LogP contribution in [0.3, 0.4) is 0 Å². The molecule has 1 aromatic rings. The molecular weight excluding hydrogens is 262 g/mol. The summed E-state index contributed by atoms with van der Waals surface area (Å²) in [6, 6.07) is 9.38. The fourth-order valence-corrected chi connectivity index (χ4v) is 2.90. The second-order valence-electron chi connectivity index (χ2n) is 5.79. The molecule has 2 atom stereocenters. The monoisotopic (exact) mass is 285 g/mol. The zero-order valence-corrected chi connectivity index (χ0v) is 12.8. The van der Waals surface area contributed by atoms with Crippen molar-refractivity contribution in [1.29, 1.82) is 5.26 Å². The van der Waals surface area contributed by atoms with Gasteiger partial charge in [-0.3, -0.25) is 9.69 Å². The Hall–Kier alpha value is -1.86. The number of amides is 1. The van der Waals surface area contributed by atoms with E-state index in [4.69, 9.17) is 5.26 Å². The lowest BCUT2D eigenvalue weighted by Crippen LogP contribution is -2.46. The predicted octanol–water partition coefficient (Wildman–Crippen LogP) is 3.15. The number of rotatable bonds is 3. The Bertz CT molecular complexity index is 518. The SMILES string of the molecule is CC1CCCCCN1C(C)C(=O)Nc1ccc(C#N)cc1. The maximum atomic E-state index is 12.4. The number of anilines is 1. The van der Waals surface area contributed by atoms with E-state index in [1.54, 1.807) is 24.3 Å². The van der Waals surface area contributed by atoms with Crippen LogP contribution in [-0.2, 0) is 4.79 Å². The smallest absolute Gasteiger partial charge is 0.241 e. The molecule has 0 spiro atoms. The summed E-state index contributed by atoms with van der Waals surface area (Å²) in [4.78, 5) is 14.7. The highest BCUT2D eigenvalue weighted by Crippen LogP contribution is 2.19. The second kappa shape index (κ2) is 7.24. The number of likely N-dealkylation sites (tertiary alicyclic amines) is 1. The molecule has 2 unspecified atom stereocenters. The molecule has 4 nitrogen and oxygen atoms in total. The van der Waals surface area contributed by atoms with E-state index in [-0.39, 0.29) is 11.9 Å². The van der Waals surface area contributed by atoms with Crippen LogP contribution in [0.25, 0.3) is 0 Å².